The molecule has 5 heteroatoms. The van der Waals surface area contributed by atoms with Crippen LogP contribution in [0.15, 0.2) is 60.7 Å². The molecule has 2 amide bonds. The molecule has 2 atom stereocenters. The second-order valence-corrected chi connectivity index (χ2v) is 7.83. The number of amides is 2. The molecular formula is C24H31N3O2. The molecule has 29 heavy (non-hydrogen) atoms. The minimum absolute atomic E-state index is 0.0466. The molecule has 1 aliphatic rings. The third kappa shape index (κ3) is 6.16. The molecule has 1 saturated carbocycles. The van der Waals surface area contributed by atoms with Crippen molar-refractivity contribution in [3.63, 3.8) is 0 Å². The molecule has 2 aromatic carbocycles. The van der Waals surface area contributed by atoms with Gasteiger partial charge in [0, 0.05) is 24.6 Å². The average molecular weight is 394 g/mol. The van der Waals surface area contributed by atoms with Crippen LogP contribution in [0, 0.1) is 5.92 Å². The first-order valence-electron chi connectivity index (χ1n) is 10.6. The van der Waals surface area contributed by atoms with Crippen LogP contribution in [-0.4, -0.2) is 30.4 Å². The van der Waals surface area contributed by atoms with E-state index in [1.165, 1.54) is 19.3 Å². The first-order valence-corrected chi connectivity index (χ1v) is 10.6. The van der Waals surface area contributed by atoms with Gasteiger partial charge in [0.2, 0.25) is 5.91 Å². The molecule has 0 saturated heterocycles. The number of carbonyl (C=O) groups is 2. The molecule has 0 radical (unpaired) electrons. The number of hydrogen-bond donors (Lipinski definition) is 3. The molecule has 0 heterocycles. The van der Waals surface area contributed by atoms with Crippen LogP contribution in [0.25, 0.3) is 0 Å². The van der Waals surface area contributed by atoms with Gasteiger partial charge in [-0.2, -0.15) is 0 Å². The molecule has 0 bridgehead atoms. The summed E-state index contributed by atoms with van der Waals surface area (Å²) in [5.74, 6) is 0.00250. The molecule has 3 rings (SSSR count). The van der Waals surface area contributed by atoms with Gasteiger partial charge < -0.3 is 16.4 Å². The van der Waals surface area contributed by atoms with E-state index in [9.17, 15) is 9.59 Å². The molecule has 5 nitrogen and oxygen atoms in total. The van der Waals surface area contributed by atoms with E-state index < -0.39 is 6.04 Å². The average Bonchev–Trinajstić information content (AvgIpc) is 2.78. The lowest BCUT2D eigenvalue weighted by Gasteiger charge is -2.31. The second kappa shape index (κ2) is 10.8. The van der Waals surface area contributed by atoms with Gasteiger partial charge in [-0.15, -0.1) is 0 Å². The van der Waals surface area contributed by atoms with E-state index in [0.717, 1.165) is 18.4 Å². The minimum Gasteiger partial charge on any atom is -0.350 e. The summed E-state index contributed by atoms with van der Waals surface area (Å²) in [6.07, 6.45) is 6.27. The van der Waals surface area contributed by atoms with Crippen molar-refractivity contribution in [2.75, 3.05) is 6.54 Å². The Morgan fingerprint density at radius 1 is 0.897 bits per heavy atom. The minimum atomic E-state index is -0.650. The lowest BCUT2D eigenvalue weighted by atomic mass is 9.83. The molecule has 1 fully saturated rings. The van der Waals surface area contributed by atoms with E-state index in [2.05, 4.69) is 10.6 Å². The van der Waals surface area contributed by atoms with Crippen molar-refractivity contribution in [1.82, 2.24) is 10.6 Å². The van der Waals surface area contributed by atoms with Crippen molar-refractivity contribution in [1.29, 1.82) is 0 Å². The molecule has 4 N–H and O–H groups in total. The molecule has 2 aromatic rings. The smallest absolute Gasteiger partial charge is 0.251 e. The van der Waals surface area contributed by atoms with Crippen LogP contribution in [0.5, 0.6) is 0 Å². The van der Waals surface area contributed by atoms with Crippen LogP contribution in [0.1, 0.15) is 48.0 Å². The first-order chi connectivity index (χ1) is 14.2. The largest absolute Gasteiger partial charge is 0.350 e. The second-order valence-electron chi connectivity index (χ2n) is 7.83. The maximum Gasteiger partial charge on any atom is 0.251 e. The fraction of sp³-hybridized carbons (Fsp3) is 0.417. The third-order valence-electron chi connectivity index (χ3n) is 5.74. The van der Waals surface area contributed by atoms with E-state index >= 15 is 0 Å². The summed E-state index contributed by atoms with van der Waals surface area (Å²) in [5, 5.41) is 6.06. The SMILES string of the molecule is NCC(NC(=O)C(Cc1ccccc1)NC(=O)c1ccccc1)C1CCCCC1. The zero-order valence-electron chi connectivity index (χ0n) is 16.8. The van der Waals surface area contributed by atoms with Gasteiger partial charge in [0.05, 0.1) is 0 Å². The van der Waals surface area contributed by atoms with Crippen molar-refractivity contribution < 1.29 is 9.59 Å². The Labute approximate surface area is 173 Å². The van der Waals surface area contributed by atoms with Gasteiger partial charge in [0.15, 0.2) is 0 Å². The van der Waals surface area contributed by atoms with Gasteiger partial charge >= 0.3 is 0 Å². The van der Waals surface area contributed by atoms with Gasteiger partial charge in [0.1, 0.15) is 6.04 Å². The summed E-state index contributed by atoms with van der Waals surface area (Å²) in [6.45, 7) is 0.418. The lowest BCUT2D eigenvalue weighted by Crippen LogP contribution is -2.54. The van der Waals surface area contributed by atoms with Crippen LogP contribution >= 0.6 is 0 Å². The monoisotopic (exact) mass is 393 g/mol. The Morgan fingerprint density at radius 2 is 1.52 bits per heavy atom. The summed E-state index contributed by atoms with van der Waals surface area (Å²) >= 11 is 0. The third-order valence-corrected chi connectivity index (χ3v) is 5.74. The fourth-order valence-electron chi connectivity index (χ4n) is 4.08. The van der Waals surface area contributed by atoms with Crippen LogP contribution < -0.4 is 16.4 Å². The number of carbonyl (C=O) groups excluding carboxylic acids is 2. The fourth-order valence-corrected chi connectivity index (χ4v) is 4.08. The predicted molar refractivity (Wildman–Crippen MR) is 115 cm³/mol. The zero-order valence-corrected chi connectivity index (χ0v) is 16.8. The molecule has 0 aromatic heterocycles. The van der Waals surface area contributed by atoms with Gasteiger partial charge in [-0.3, -0.25) is 9.59 Å². The number of nitrogens with two attached hydrogens (primary N) is 1. The van der Waals surface area contributed by atoms with E-state index in [4.69, 9.17) is 5.73 Å². The summed E-state index contributed by atoms with van der Waals surface area (Å²) in [4.78, 5) is 25.8. The predicted octanol–water partition coefficient (Wildman–Crippen LogP) is 3.05. The molecule has 2 unspecified atom stereocenters. The Morgan fingerprint density at radius 3 is 2.14 bits per heavy atom. The standard InChI is InChI=1S/C24H31N3O2/c25-17-22(19-12-6-2-7-13-19)27-24(29)21(16-18-10-4-1-5-11-18)26-23(28)20-14-8-3-9-15-20/h1,3-5,8-11,14-15,19,21-22H,2,6-7,12-13,16-17,25H2,(H,26,28)(H,27,29). The van der Waals surface area contributed by atoms with Crippen molar-refractivity contribution >= 4 is 11.8 Å². The van der Waals surface area contributed by atoms with Gasteiger partial charge in [-0.25, -0.2) is 0 Å². The first kappa shape index (κ1) is 21.1. The van der Waals surface area contributed by atoms with E-state index in [-0.39, 0.29) is 17.9 Å². The Hall–Kier alpha value is -2.66. The Kier molecular flexibility index (Phi) is 7.82. The highest BCUT2D eigenvalue weighted by molar-refractivity contribution is 5.97. The van der Waals surface area contributed by atoms with Crippen molar-refractivity contribution in [2.24, 2.45) is 11.7 Å². The number of benzene rings is 2. The lowest BCUT2D eigenvalue weighted by molar-refractivity contribution is -0.124. The quantitative estimate of drug-likeness (QED) is 0.644. The molecule has 1 aliphatic carbocycles. The summed E-state index contributed by atoms with van der Waals surface area (Å²) in [6, 6.07) is 18.0. The van der Waals surface area contributed by atoms with Crippen molar-refractivity contribution in [3.05, 3.63) is 71.8 Å². The highest BCUT2D eigenvalue weighted by Gasteiger charge is 2.28. The van der Waals surface area contributed by atoms with E-state index in [0.29, 0.717) is 24.4 Å². The highest BCUT2D eigenvalue weighted by Crippen LogP contribution is 2.26. The number of rotatable bonds is 8. The number of hydrogen-bond acceptors (Lipinski definition) is 3. The van der Waals surface area contributed by atoms with Crippen molar-refractivity contribution in [2.45, 2.75) is 50.6 Å². The Bertz CT molecular complexity index is 773. The maximum absolute atomic E-state index is 13.1. The van der Waals surface area contributed by atoms with Crippen LogP contribution in [0.4, 0.5) is 0 Å². The molecular weight excluding hydrogens is 362 g/mol. The van der Waals surface area contributed by atoms with Crippen LogP contribution in [0.3, 0.4) is 0 Å². The Balaban J connectivity index is 1.72. The van der Waals surface area contributed by atoms with Gasteiger partial charge in [0.25, 0.3) is 5.91 Å². The van der Waals surface area contributed by atoms with Crippen LogP contribution in [0.2, 0.25) is 0 Å². The zero-order chi connectivity index (χ0) is 20.5. The normalized spacial score (nSPS) is 16.6. The van der Waals surface area contributed by atoms with Crippen molar-refractivity contribution in [3.8, 4) is 0 Å². The summed E-state index contributed by atoms with van der Waals surface area (Å²) in [7, 11) is 0. The van der Waals surface area contributed by atoms with Crippen LogP contribution in [-0.2, 0) is 11.2 Å². The molecule has 0 spiro atoms. The maximum atomic E-state index is 13.1. The topological polar surface area (TPSA) is 84.2 Å². The summed E-state index contributed by atoms with van der Waals surface area (Å²) in [5.41, 5.74) is 7.54. The van der Waals surface area contributed by atoms with E-state index in [1.54, 1.807) is 12.1 Å². The highest BCUT2D eigenvalue weighted by atomic mass is 16.2. The molecule has 0 aliphatic heterocycles. The van der Waals surface area contributed by atoms with E-state index in [1.807, 2.05) is 48.5 Å². The van der Waals surface area contributed by atoms with Gasteiger partial charge in [-0.1, -0.05) is 67.8 Å². The molecule has 154 valence electrons. The number of nitrogens with one attached hydrogen (secondary N) is 2. The summed E-state index contributed by atoms with van der Waals surface area (Å²) < 4.78 is 0. The van der Waals surface area contributed by atoms with Gasteiger partial charge in [-0.05, 0) is 36.5 Å².